The largest absolute Gasteiger partial charge is 0.312 e. The van der Waals surface area contributed by atoms with Gasteiger partial charge in [0.15, 0.2) is 0 Å². The molecule has 0 atom stereocenters. The minimum absolute atomic E-state index is 0.0542. The fraction of sp³-hybridized carbons (Fsp3) is 0.364. The molecule has 1 aliphatic heterocycles. The SMILES string of the molecule is [2H]C1([2H])C(=O)N(c2ccc(Br)cc2)C([2H])([2H])C([2H])([2H])C1([2H])[2H]. The van der Waals surface area contributed by atoms with Gasteiger partial charge in [-0.3, -0.25) is 4.79 Å². The monoisotopic (exact) mass is 261 g/mol. The van der Waals surface area contributed by atoms with Gasteiger partial charge in [0.25, 0.3) is 0 Å². The fourth-order valence-electron chi connectivity index (χ4n) is 1.05. The lowest BCUT2D eigenvalue weighted by molar-refractivity contribution is -0.119. The molecule has 1 aromatic rings. The predicted octanol–water partition coefficient (Wildman–Crippen LogP) is 2.97. The Balaban J connectivity index is 2.69. The van der Waals surface area contributed by atoms with Gasteiger partial charge in [-0.1, -0.05) is 15.9 Å². The van der Waals surface area contributed by atoms with Gasteiger partial charge >= 0.3 is 0 Å². The van der Waals surface area contributed by atoms with Crippen LogP contribution in [0.5, 0.6) is 0 Å². The van der Waals surface area contributed by atoms with Crippen molar-refractivity contribution in [3.05, 3.63) is 28.7 Å². The number of rotatable bonds is 1. The molecule has 1 amide bonds. The average molecular weight is 262 g/mol. The third kappa shape index (κ3) is 1.98. The molecule has 1 aromatic carbocycles. The molecule has 0 N–H and O–H groups in total. The number of piperidine rings is 1. The zero-order chi connectivity index (χ0) is 17.1. The number of amides is 1. The Labute approximate surface area is 103 Å². The number of carbonyl (C=O) groups excluding carboxylic acids is 1. The summed E-state index contributed by atoms with van der Waals surface area (Å²) < 4.78 is 62.6. The molecule has 0 bridgehead atoms. The van der Waals surface area contributed by atoms with E-state index in [2.05, 4.69) is 15.9 Å². The Hall–Kier alpha value is -0.830. The second-order valence-electron chi connectivity index (χ2n) is 2.60. The molecule has 1 heterocycles. The van der Waals surface area contributed by atoms with Gasteiger partial charge in [-0.05, 0) is 37.0 Å². The molecule has 3 heteroatoms. The van der Waals surface area contributed by atoms with E-state index in [9.17, 15) is 4.79 Å². The van der Waals surface area contributed by atoms with Gasteiger partial charge in [0.2, 0.25) is 5.91 Å². The first-order valence-electron chi connectivity index (χ1n) is 7.89. The summed E-state index contributed by atoms with van der Waals surface area (Å²) in [6.07, 6.45) is -9.80. The number of benzene rings is 1. The number of nitrogens with zero attached hydrogens (tertiary/aromatic N) is 1. The van der Waals surface area contributed by atoms with E-state index in [1.807, 2.05) is 0 Å². The van der Waals surface area contributed by atoms with E-state index < -0.39 is 31.5 Å². The van der Waals surface area contributed by atoms with Crippen molar-refractivity contribution in [2.75, 3.05) is 11.4 Å². The summed E-state index contributed by atoms with van der Waals surface area (Å²) in [5, 5.41) is 0. The van der Waals surface area contributed by atoms with Crippen molar-refractivity contribution in [1.29, 1.82) is 0 Å². The maximum Gasteiger partial charge on any atom is 0.226 e. The Bertz CT molecular complexity index is 615. The lowest BCUT2D eigenvalue weighted by Gasteiger charge is -2.26. The molecule has 1 saturated heterocycles. The standard InChI is InChI=1S/C11H12BrNO/c12-9-4-6-10(7-5-9)13-8-2-1-3-11(13)14/h4-7H,1-3,8H2/i1D2,2D2,3D2,8D2. The smallest absolute Gasteiger partial charge is 0.226 e. The molecule has 2 rings (SSSR count). The van der Waals surface area contributed by atoms with Gasteiger partial charge in [0, 0.05) is 34.0 Å². The predicted molar refractivity (Wildman–Crippen MR) is 60.3 cm³/mol. The summed E-state index contributed by atoms with van der Waals surface area (Å²) in [5.41, 5.74) is -0.0542. The van der Waals surface area contributed by atoms with Gasteiger partial charge in [-0.15, -0.1) is 0 Å². The van der Waals surface area contributed by atoms with Crippen molar-refractivity contribution in [2.45, 2.75) is 19.1 Å². The first kappa shape index (κ1) is 3.97. The zero-order valence-electron chi connectivity index (χ0n) is 15.0. The van der Waals surface area contributed by atoms with Crippen molar-refractivity contribution in [3.8, 4) is 0 Å². The van der Waals surface area contributed by atoms with Gasteiger partial charge in [-0.2, -0.15) is 0 Å². The minimum atomic E-state index is -3.33. The number of hydrogen-bond donors (Lipinski definition) is 0. The Morgan fingerprint density at radius 3 is 2.71 bits per heavy atom. The molecular weight excluding hydrogens is 242 g/mol. The lowest BCUT2D eigenvalue weighted by Crippen LogP contribution is -2.35. The summed E-state index contributed by atoms with van der Waals surface area (Å²) in [6.45, 7) is -3.06. The number of carbonyl (C=O) groups is 1. The second kappa shape index (κ2) is 4.13. The van der Waals surface area contributed by atoms with Crippen LogP contribution in [-0.4, -0.2) is 12.4 Å². The molecule has 0 aromatic heterocycles. The molecule has 0 saturated carbocycles. The van der Waals surface area contributed by atoms with Crippen LogP contribution in [0.3, 0.4) is 0 Å². The van der Waals surface area contributed by atoms with E-state index in [4.69, 9.17) is 11.0 Å². The van der Waals surface area contributed by atoms with Gasteiger partial charge in [-0.25, -0.2) is 0 Å². The van der Waals surface area contributed by atoms with Crippen LogP contribution in [0.25, 0.3) is 0 Å². The normalized spacial score (nSPS) is 40.1. The van der Waals surface area contributed by atoms with E-state index in [0.29, 0.717) is 9.37 Å². The van der Waals surface area contributed by atoms with Crippen molar-refractivity contribution < 1.29 is 15.8 Å². The van der Waals surface area contributed by atoms with Crippen molar-refractivity contribution in [2.24, 2.45) is 0 Å². The number of anilines is 1. The molecular formula is C11H12BrNO. The molecule has 0 aliphatic carbocycles. The molecule has 0 spiro atoms. The molecule has 0 unspecified atom stereocenters. The van der Waals surface area contributed by atoms with Crippen LogP contribution in [0.2, 0.25) is 0 Å². The lowest BCUT2D eigenvalue weighted by atomic mass is 10.1. The number of halogens is 1. The van der Waals surface area contributed by atoms with Crippen molar-refractivity contribution in [3.63, 3.8) is 0 Å². The topological polar surface area (TPSA) is 20.3 Å². The second-order valence-corrected chi connectivity index (χ2v) is 3.52. The van der Waals surface area contributed by atoms with Gasteiger partial charge in [0.1, 0.15) is 0 Å². The van der Waals surface area contributed by atoms with Crippen molar-refractivity contribution >= 4 is 27.5 Å². The van der Waals surface area contributed by atoms with Crippen LogP contribution in [0, 0.1) is 0 Å². The van der Waals surface area contributed by atoms with Crippen LogP contribution < -0.4 is 4.90 Å². The maximum atomic E-state index is 12.3. The van der Waals surface area contributed by atoms with E-state index in [-0.39, 0.29) is 5.69 Å². The van der Waals surface area contributed by atoms with Gasteiger partial charge < -0.3 is 4.90 Å². The van der Waals surface area contributed by atoms with E-state index in [1.165, 1.54) is 24.3 Å². The Morgan fingerprint density at radius 1 is 1.29 bits per heavy atom. The highest BCUT2D eigenvalue weighted by Gasteiger charge is 2.18. The van der Waals surface area contributed by atoms with E-state index in [0.717, 1.165) is 0 Å². The first-order chi connectivity index (χ1) is 9.78. The summed E-state index contributed by atoms with van der Waals surface area (Å²) >= 11 is 3.17. The first-order valence-corrected chi connectivity index (χ1v) is 4.68. The molecule has 1 fully saturated rings. The van der Waals surface area contributed by atoms with Gasteiger partial charge in [0.05, 0.1) is 0 Å². The average Bonchev–Trinajstić information content (AvgIpc) is 2.39. The highest BCUT2D eigenvalue weighted by molar-refractivity contribution is 9.10. The van der Waals surface area contributed by atoms with Crippen LogP contribution in [-0.2, 0) is 4.79 Å². The number of hydrogen-bond acceptors (Lipinski definition) is 1. The fourth-order valence-corrected chi connectivity index (χ4v) is 1.31. The Morgan fingerprint density at radius 2 is 2.00 bits per heavy atom. The zero-order valence-corrected chi connectivity index (χ0v) is 8.63. The molecule has 74 valence electrons. The summed E-state index contributed by atoms with van der Waals surface area (Å²) in [4.78, 5) is 12.7. The summed E-state index contributed by atoms with van der Waals surface area (Å²) in [6, 6.07) is 5.64. The molecule has 2 nitrogen and oxygen atoms in total. The van der Waals surface area contributed by atoms with Crippen LogP contribution in [0.4, 0.5) is 5.69 Å². The van der Waals surface area contributed by atoms with E-state index in [1.54, 1.807) is 0 Å². The maximum absolute atomic E-state index is 12.3. The third-order valence-electron chi connectivity index (χ3n) is 1.69. The van der Waals surface area contributed by atoms with Crippen LogP contribution in [0.15, 0.2) is 28.7 Å². The van der Waals surface area contributed by atoms with Crippen LogP contribution >= 0.6 is 15.9 Å². The third-order valence-corrected chi connectivity index (χ3v) is 2.22. The molecule has 0 radical (unpaired) electrons. The molecule has 1 aliphatic rings. The molecule has 14 heavy (non-hydrogen) atoms. The highest BCUT2D eigenvalue weighted by Crippen LogP contribution is 2.22. The quantitative estimate of drug-likeness (QED) is 0.762. The summed E-state index contributed by atoms with van der Waals surface area (Å²) in [7, 11) is 0. The Kier molecular flexibility index (Phi) is 1.17. The minimum Gasteiger partial charge on any atom is -0.312 e. The van der Waals surface area contributed by atoms with Crippen LogP contribution in [0.1, 0.15) is 30.1 Å². The highest BCUT2D eigenvalue weighted by atomic mass is 79.9. The van der Waals surface area contributed by atoms with Crippen molar-refractivity contribution in [1.82, 2.24) is 0 Å². The summed E-state index contributed by atoms with van der Waals surface area (Å²) in [5.74, 6) is -1.46. The van der Waals surface area contributed by atoms with E-state index >= 15 is 0 Å².